The van der Waals surface area contributed by atoms with Gasteiger partial charge in [-0.05, 0) is 31.7 Å². The summed E-state index contributed by atoms with van der Waals surface area (Å²) in [6.45, 7) is 2.25. The Kier molecular flexibility index (Phi) is 5.23. The standard InChI is InChI=1S/C18H24N2O4/c1-12(20-16(21)9-13-5-2-3-6-13)18(22)19-10-14-7-4-8-15-17(14)24-11-23-15/h4,7-8,12-13H,2-3,5-6,9-11H2,1H3,(H,19,22)(H,20,21)/t12-/m1/s1. The number of rotatable bonds is 6. The smallest absolute Gasteiger partial charge is 0.242 e. The first kappa shape index (κ1) is 16.6. The van der Waals surface area contributed by atoms with Gasteiger partial charge in [-0.25, -0.2) is 0 Å². The van der Waals surface area contributed by atoms with Gasteiger partial charge in [0.15, 0.2) is 11.5 Å². The summed E-state index contributed by atoms with van der Waals surface area (Å²) < 4.78 is 10.7. The minimum atomic E-state index is -0.548. The molecule has 24 heavy (non-hydrogen) atoms. The van der Waals surface area contributed by atoms with Crippen molar-refractivity contribution >= 4 is 11.8 Å². The molecule has 1 fully saturated rings. The van der Waals surface area contributed by atoms with E-state index < -0.39 is 6.04 Å². The lowest BCUT2D eigenvalue weighted by atomic mass is 10.0. The van der Waals surface area contributed by atoms with Gasteiger partial charge in [-0.3, -0.25) is 9.59 Å². The molecule has 0 bridgehead atoms. The van der Waals surface area contributed by atoms with Crippen LogP contribution in [0.25, 0.3) is 0 Å². The second-order valence-electron chi connectivity index (χ2n) is 6.51. The SMILES string of the molecule is C[C@@H](NC(=O)CC1CCCC1)C(=O)NCc1cccc2c1OCO2. The summed E-state index contributed by atoms with van der Waals surface area (Å²) >= 11 is 0. The number of nitrogens with one attached hydrogen (secondary N) is 2. The third-order valence-electron chi connectivity index (χ3n) is 4.65. The number of benzene rings is 1. The molecule has 1 aliphatic carbocycles. The van der Waals surface area contributed by atoms with Crippen LogP contribution in [-0.2, 0) is 16.1 Å². The lowest BCUT2D eigenvalue weighted by molar-refractivity contribution is -0.129. The van der Waals surface area contributed by atoms with E-state index in [0.717, 1.165) is 18.4 Å². The average Bonchev–Trinajstić information content (AvgIpc) is 3.23. The van der Waals surface area contributed by atoms with E-state index in [2.05, 4.69) is 10.6 Å². The number of amides is 2. The van der Waals surface area contributed by atoms with Gasteiger partial charge in [-0.1, -0.05) is 25.0 Å². The number of carbonyl (C=O) groups excluding carboxylic acids is 2. The summed E-state index contributed by atoms with van der Waals surface area (Å²) in [5.74, 6) is 1.60. The number of hydrogen-bond donors (Lipinski definition) is 2. The Bertz CT molecular complexity index is 611. The summed E-state index contributed by atoms with van der Waals surface area (Å²) in [6.07, 6.45) is 5.18. The van der Waals surface area contributed by atoms with Crippen molar-refractivity contribution in [3.8, 4) is 11.5 Å². The van der Waals surface area contributed by atoms with Crippen molar-refractivity contribution in [3.05, 3.63) is 23.8 Å². The van der Waals surface area contributed by atoms with Crippen molar-refractivity contribution in [3.63, 3.8) is 0 Å². The summed E-state index contributed by atoms with van der Waals surface area (Å²) in [4.78, 5) is 24.2. The van der Waals surface area contributed by atoms with Gasteiger partial charge < -0.3 is 20.1 Å². The molecule has 1 aromatic rings. The second kappa shape index (κ2) is 7.55. The molecule has 2 amide bonds. The van der Waals surface area contributed by atoms with E-state index in [-0.39, 0.29) is 18.6 Å². The van der Waals surface area contributed by atoms with E-state index in [1.54, 1.807) is 6.92 Å². The number of hydrogen-bond acceptors (Lipinski definition) is 4. The van der Waals surface area contributed by atoms with Crippen LogP contribution in [0.4, 0.5) is 0 Å². The lowest BCUT2D eigenvalue weighted by Gasteiger charge is -2.16. The summed E-state index contributed by atoms with van der Waals surface area (Å²) in [6, 6.07) is 5.03. The fourth-order valence-corrected chi connectivity index (χ4v) is 3.31. The predicted octanol–water partition coefficient (Wildman–Crippen LogP) is 2.12. The molecule has 0 radical (unpaired) electrons. The third kappa shape index (κ3) is 3.99. The first-order valence-electron chi connectivity index (χ1n) is 8.58. The minimum Gasteiger partial charge on any atom is -0.454 e. The highest BCUT2D eigenvalue weighted by molar-refractivity contribution is 5.87. The average molecular weight is 332 g/mol. The zero-order valence-corrected chi connectivity index (χ0v) is 14.0. The maximum absolute atomic E-state index is 12.2. The Labute approximate surface area is 141 Å². The molecule has 0 spiro atoms. The molecular formula is C18H24N2O4. The molecule has 6 nitrogen and oxygen atoms in total. The van der Waals surface area contributed by atoms with Crippen molar-refractivity contribution in [2.24, 2.45) is 5.92 Å². The van der Waals surface area contributed by atoms with Crippen LogP contribution in [0.3, 0.4) is 0 Å². The molecule has 2 aliphatic rings. The highest BCUT2D eigenvalue weighted by Crippen LogP contribution is 2.35. The number of carbonyl (C=O) groups is 2. The molecule has 2 N–H and O–H groups in total. The molecule has 6 heteroatoms. The van der Waals surface area contributed by atoms with Crippen LogP contribution in [0.2, 0.25) is 0 Å². The van der Waals surface area contributed by atoms with Crippen LogP contribution in [0.15, 0.2) is 18.2 Å². The minimum absolute atomic E-state index is 0.0399. The molecule has 1 aliphatic heterocycles. The van der Waals surface area contributed by atoms with Crippen molar-refractivity contribution < 1.29 is 19.1 Å². The zero-order valence-electron chi connectivity index (χ0n) is 14.0. The van der Waals surface area contributed by atoms with Gasteiger partial charge in [0.25, 0.3) is 0 Å². The molecule has 1 aromatic carbocycles. The Morgan fingerprint density at radius 3 is 2.83 bits per heavy atom. The predicted molar refractivity (Wildman–Crippen MR) is 88.6 cm³/mol. The Morgan fingerprint density at radius 1 is 1.25 bits per heavy atom. The van der Waals surface area contributed by atoms with Crippen molar-refractivity contribution in [1.82, 2.24) is 10.6 Å². The maximum Gasteiger partial charge on any atom is 0.242 e. The fraction of sp³-hybridized carbons (Fsp3) is 0.556. The van der Waals surface area contributed by atoms with Crippen LogP contribution >= 0.6 is 0 Å². The van der Waals surface area contributed by atoms with Crippen LogP contribution in [-0.4, -0.2) is 24.6 Å². The Hall–Kier alpha value is -2.24. The first-order valence-corrected chi connectivity index (χ1v) is 8.58. The quantitative estimate of drug-likeness (QED) is 0.836. The molecule has 1 saturated carbocycles. The van der Waals surface area contributed by atoms with E-state index in [1.165, 1.54) is 12.8 Å². The molecule has 1 atom stereocenters. The van der Waals surface area contributed by atoms with Gasteiger partial charge in [0.2, 0.25) is 18.6 Å². The van der Waals surface area contributed by atoms with Gasteiger partial charge in [0.1, 0.15) is 6.04 Å². The zero-order chi connectivity index (χ0) is 16.9. The van der Waals surface area contributed by atoms with Gasteiger partial charge in [0.05, 0.1) is 0 Å². The van der Waals surface area contributed by atoms with Crippen LogP contribution in [0, 0.1) is 5.92 Å². The molecule has 0 aromatic heterocycles. The van der Waals surface area contributed by atoms with E-state index in [0.29, 0.717) is 30.4 Å². The topological polar surface area (TPSA) is 76.7 Å². The molecule has 130 valence electrons. The van der Waals surface area contributed by atoms with Crippen LogP contribution in [0.5, 0.6) is 11.5 Å². The molecule has 1 heterocycles. The van der Waals surface area contributed by atoms with Crippen LogP contribution in [0.1, 0.15) is 44.6 Å². The van der Waals surface area contributed by atoms with E-state index in [4.69, 9.17) is 9.47 Å². The summed E-state index contributed by atoms with van der Waals surface area (Å²) in [7, 11) is 0. The largest absolute Gasteiger partial charge is 0.454 e. The number of ether oxygens (including phenoxy) is 2. The van der Waals surface area contributed by atoms with Crippen LogP contribution < -0.4 is 20.1 Å². The third-order valence-corrected chi connectivity index (χ3v) is 4.65. The van der Waals surface area contributed by atoms with Crippen molar-refractivity contribution in [1.29, 1.82) is 0 Å². The van der Waals surface area contributed by atoms with Gasteiger partial charge in [-0.2, -0.15) is 0 Å². The Morgan fingerprint density at radius 2 is 2.04 bits per heavy atom. The number of fused-ring (bicyclic) bond motifs is 1. The number of para-hydroxylation sites is 1. The second-order valence-corrected chi connectivity index (χ2v) is 6.51. The lowest BCUT2D eigenvalue weighted by Crippen LogP contribution is -2.44. The Balaban J connectivity index is 1.46. The normalized spacial score (nSPS) is 17.5. The highest BCUT2D eigenvalue weighted by atomic mass is 16.7. The molecular weight excluding hydrogens is 308 g/mol. The van der Waals surface area contributed by atoms with Crippen molar-refractivity contribution in [2.75, 3.05) is 6.79 Å². The highest BCUT2D eigenvalue weighted by Gasteiger charge is 2.22. The maximum atomic E-state index is 12.2. The first-order chi connectivity index (χ1) is 11.6. The monoisotopic (exact) mass is 332 g/mol. The fourth-order valence-electron chi connectivity index (χ4n) is 3.31. The van der Waals surface area contributed by atoms with Gasteiger partial charge in [0, 0.05) is 18.5 Å². The summed E-state index contributed by atoms with van der Waals surface area (Å²) in [5, 5.41) is 5.63. The summed E-state index contributed by atoms with van der Waals surface area (Å²) in [5.41, 5.74) is 0.864. The van der Waals surface area contributed by atoms with E-state index in [1.807, 2.05) is 18.2 Å². The molecule has 0 saturated heterocycles. The molecule has 0 unspecified atom stereocenters. The van der Waals surface area contributed by atoms with E-state index in [9.17, 15) is 9.59 Å². The van der Waals surface area contributed by atoms with Gasteiger partial charge in [-0.15, -0.1) is 0 Å². The van der Waals surface area contributed by atoms with Crippen molar-refractivity contribution in [2.45, 2.75) is 51.6 Å². The van der Waals surface area contributed by atoms with E-state index >= 15 is 0 Å². The van der Waals surface area contributed by atoms with Gasteiger partial charge >= 0.3 is 0 Å². The molecule has 3 rings (SSSR count).